The zero-order valence-electron chi connectivity index (χ0n) is 12.1. The van der Waals surface area contributed by atoms with Gasteiger partial charge in [0.15, 0.2) is 0 Å². The van der Waals surface area contributed by atoms with Crippen molar-refractivity contribution in [2.45, 2.75) is 20.8 Å². The molecule has 0 aliphatic heterocycles. The van der Waals surface area contributed by atoms with Gasteiger partial charge in [0.25, 0.3) is 0 Å². The molecule has 0 saturated carbocycles. The number of hydrogen-bond donors (Lipinski definition) is 1. The van der Waals surface area contributed by atoms with Crippen LogP contribution in [0.2, 0.25) is 0 Å². The van der Waals surface area contributed by atoms with Crippen molar-refractivity contribution in [2.24, 2.45) is 0 Å². The summed E-state index contributed by atoms with van der Waals surface area (Å²) in [5, 5.41) is 2.71. The molecule has 1 N–H and O–H groups in total. The summed E-state index contributed by atoms with van der Waals surface area (Å²) in [7, 11) is 1.55. The predicted octanol–water partition coefficient (Wildman–Crippen LogP) is 2.62. The minimum Gasteiger partial charge on any atom is -0.497 e. The van der Waals surface area contributed by atoms with E-state index in [-0.39, 0.29) is 11.9 Å². The largest absolute Gasteiger partial charge is 0.497 e. The molecule has 0 aromatic heterocycles. The number of hydrogen-bond acceptors (Lipinski definition) is 4. The van der Waals surface area contributed by atoms with Crippen LogP contribution in [-0.4, -0.2) is 25.6 Å². The van der Waals surface area contributed by atoms with Crippen LogP contribution in [0.4, 0.5) is 5.69 Å². The number of carbonyl (C=O) groups excluding carboxylic acids is 2. The summed E-state index contributed by atoms with van der Waals surface area (Å²) in [6.45, 7) is 5.16. The van der Waals surface area contributed by atoms with Crippen LogP contribution in [0.1, 0.15) is 26.3 Å². The smallest absolute Gasteiger partial charge is 0.333 e. The Balaban J connectivity index is 3.12. The van der Waals surface area contributed by atoms with Crippen LogP contribution in [0.3, 0.4) is 0 Å². The van der Waals surface area contributed by atoms with Gasteiger partial charge in [0.1, 0.15) is 5.75 Å². The van der Waals surface area contributed by atoms with Crippen LogP contribution in [-0.2, 0) is 14.3 Å². The van der Waals surface area contributed by atoms with Gasteiger partial charge in [0.05, 0.1) is 19.4 Å². The third-order valence-electron chi connectivity index (χ3n) is 2.54. The zero-order valence-corrected chi connectivity index (χ0v) is 12.1. The van der Waals surface area contributed by atoms with Gasteiger partial charge in [-0.05, 0) is 37.6 Å². The number of rotatable bonds is 5. The molecule has 0 saturated heterocycles. The Hall–Kier alpha value is -2.30. The van der Waals surface area contributed by atoms with Crippen LogP contribution in [0.5, 0.6) is 5.75 Å². The van der Waals surface area contributed by atoms with E-state index in [1.165, 1.54) is 6.92 Å². The second-order valence-corrected chi connectivity index (χ2v) is 4.18. The van der Waals surface area contributed by atoms with Crippen LogP contribution in [0, 0.1) is 0 Å². The first-order valence-electron chi connectivity index (χ1n) is 6.29. The molecular formula is C15H19NO4. The summed E-state index contributed by atoms with van der Waals surface area (Å²) in [6, 6.07) is 5.23. The Bertz CT molecular complexity index is 535. The SMILES string of the molecule is CCOC(=O)/C(C)=C/c1ccc(OC)cc1NC(C)=O. The van der Waals surface area contributed by atoms with Crippen LogP contribution in [0.15, 0.2) is 23.8 Å². The van der Waals surface area contributed by atoms with E-state index in [1.54, 1.807) is 45.2 Å². The number of carbonyl (C=O) groups is 2. The third kappa shape index (κ3) is 4.42. The zero-order chi connectivity index (χ0) is 15.1. The molecule has 1 aromatic carbocycles. The van der Waals surface area contributed by atoms with E-state index >= 15 is 0 Å². The minimum atomic E-state index is -0.378. The molecule has 1 rings (SSSR count). The molecule has 0 fully saturated rings. The summed E-state index contributed by atoms with van der Waals surface area (Å²) in [4.78, 5) is 22.8. The molecule has 1 aromatic rings. The predicted molar refractivity (Wildman–Crippen MR) is 77.6 cm³/mol. The molecule has 0 aliphatic rings. The lowest BCUT2D eigenvalue weighted by Gasteiger charge is -2.10. The van der Waals surface area contributed by atoms with Gasteiger partial charge in [-0.2, -0.15) is 0 Å². The summed E-state index contributed by atoms with van der Waals surface area (Å²) >= 11 is 0. The van der Waals surface area contributed by atoms with Crippen molar-refractivity contribution in [3.8, 4) is 5.75 Å². The van der Waals surface area contributed by atoms with Gasteiger partial charge in [-0.1, -0.05) is 0 Å². The van der Waals surface area contributed by atoms with Crippen molar-refractivity contribution in [2.75, 3.05) is 19.0 Å². The molecule has 0 spiro atoms. The molecule has 108 valence electrons. The standard InChI is InChI=1S/C15H19NO4/c1-5-20-15(18)10(2)8-12-6-7-13(19-4)9-14(12)16-11(3)17/h6-9H,5H2,1-4H3,(H,16,17)/b10-8+. The molecule has 0 radical (unpaired) electrons. The number of benzene rings is 1. The average Bonchev–Trinajstić information content (AvgIpc) is 2.40. The maximum absolute atomic E-state index is 11.6. The van der Waals surface area contributed by atoms with Gasteiger partial charge in [-0.3, -0.25) is 4.79 Å². The normalized spacial score (nSPS) is 10.9. The van der Waals surface area contributed by atoms with Crippen molar-refractivity contribution in [1.82, 2.24) is 0 Å². The summed E-state index contributed by atoms with van der Waals surface area (Å²) < 4.78 is 10.0. The average molecular weight is 277 g/mol. The van der Waals surface area contributed by atoms with E-state index in [0.717, 1.165) is 0 Å². The number of amides is 1. The molecular weight excluding hydrogens is 258 g/mol. The van der Waals surface area contributed by atoms with Gasteiger partial charge in [-0.25, -0.2) is 4.79 Å². The fourth-order valence-corrected chi connectivity index (χ4v) is 1.62. The first-order chi connectivity index (χ1) is 9.47. The quantitative estimate of drug-likeness (QED) is 0.663. The van der Waals surface area contributed by atoms with Gasteiger partial charge < -0.3 is 14.8 Å². The highest BCUT2D eigenvalue weighted by Crippen LogP contribution is 2.25. The molecule has 5 heteroatoms. The first kappa shape index (κ1) is 15.8. The Labute approximate surface area is 118 Å². The fourth-order valence-electron chi connectivity index (χ4n) is 1.62. The van der Waals surface area contributed by atoms with E-state index < -0.39 is 0 Å². The van der Waals surface area contributed by atoms with E-state index in [1.807, 2.05) is 0 Å². The summed E-state index contributed by atoms with van der Waals surface area (Å²) in [6.07, 6.45) is 1.67. The third-order valence-corrected chi connectivity index (χ3v) is 2.54. The maximum Gasteiger partial charge on any atom is 0.333 e. The highest BCUT2D eigenvalue weighted by atomic mass is 16.5. The van der Waals surface area contributed by atoms with Gasteiger partial charge in [-0.15, -0.1) is 0 Å². The molecule has 1 amide bonds. The number of esters is 1. The molecule has 0 heterocycles. The Kier molecular flexibility index (Phi) is 5.77. The number of anilines is 1. The second-order valence-electron chi connectivity index (χ2n) is 4.18. The van der Waals surface area contributed by atoms with Gasteiger partial charge >= 0.3 is 5.97 Å². The van der Waals surface area contributed by atoms with Gasteiger partial charge in [0, 0.05) is 18.6 Å². The molecule has 20 heavy (non-hydrogen) atoms. The van der Waals surface area contributed by atoms with Crippen molar-refractivity contribution >= 4 is 23.6 Å². The van der Waals surface area contributed by atoms with Gasteiger partial charge in [0.2, 0.25) is 5.91 Å². The highest BCUT2D eigenvalue weighted by molar-refractivity contribution is 5.96. The van der Waals surface area contributed by atoms with E-state index in [4.69, 9.17) is 9.47 Å². The fraction of sp³-hybridized carbons (Fsp3) is 0.333. The van der Waals surface area contributed by atoms with E-state index in [2.05, 4.69) is 5.32 Å². The Morgan fingerprint density at radius 1 is 1.30 bits per heavy atom. The summed E-state index contributed by atoms with van der Waals surface area (Å²) in [5.74, 6) is 0.0541. The molecule has 0 aliphatic carbocycles. The topological polar surface area (TPSA) is 64.6 Å². The first-order valence-corrected chi connectivity index (χ1v) is 6.29. The van der Waals surface area contributed by atoms with Crippen molar-refractivity contribution in [3.63, 3.8) is 0 Å². The van der Waals surface area contributed by atoms with Crippen LogP contribution < -0.4 is 10.1 Å². The van der Waals surface area contributed by atoms with E-state index in [0.29, 0.717) is 29.2 Å². The number of nitrogens with one attached hydrogen (secondary N) is 1. The minimum absolute atomic E-state index is 0.193. The monoisotopic (exact) mass is 277 g/mol. The lowest BCUT2D eigenvalue weighted by atomic mass is 10.1. The van der Waals surface area contributed by atoms with E-state index in [9.17, 15) is 9.59 Å². The van der Waals surface area contributed by atoms with Crippen LogP contribution >= 0.6 is 0 Å². The Morgan fingerprint density at radius 2 is 2.00 bits per heavy atom. The lowest BCUT2D eigenvalue weighted by molar-refractivity contribution is -0.138. The lowest BCUT2D eigenvalue weighted by Crippen LogP contribution is -2.08. The molecule has 0 bridgehead atoms. The highest BCUT2D eigenvalue weighted by Gasteiger charge is 2.08. The summed E-state index contributed by atoms with van der Waals surface area (Å²) in [5.41, 5.74) is 1.76. The van der Waals surface area contributed by atoms with Crippen molar-refractivity contribution < 1.29 is 19.1 Å². The van der Waals surface area contributed by atoms with Crippen molar-refractivity contribution in [3.05, 3.63) is 29.3 Å². The Morgan fingerprint density at radius 3 is 2.55 bits per heavy atom. The number of methoxy groups -OCH3 is 1. The second kappa shape index (κ2) is 7.33. The molecule has 0 unspecified atom stereocenters. The maximum atomic E-state index is 11.6. The molecule has 5 nitrogen and oxygen atoms in total. The van der Waals surface area contributed by atoms with Crippen molar-refractivity contribution in [1.29, 1.82) is 0 Å². The van der Waals surface area contributed by atoms with Crippen LogP contribution in [0.25, 0.3) is 6.08 Å². The molecule has 0 atom stereocenters. The number of ether oxygens (including phenoxy) is 2.